The number of hydrogen-bond acceptors (Lipinski definition) is 5. The fraction of sp³-hybridized carbons (Fsp3) is 0.185. The van der Waals surface area contributed by atoms with Crippen LogP contribution in [0.15, 0.2) is 72.8 Å². The highest BCUT2D eigenvalue weighted by Crippen LogP contribution is 2.58. The molecule has 2 amide bonds. The highest BCUT2D eigenvalue weighted by molar-refractivity contribution is 6.37. The molecular formula is C27H18FNO5. The normalized spacial score (nSPS) is 24.8. The molecule has 1 spiro atoms. The molecule has 0 bridgehead atoms. The second kappa shape index (κ2) is 7.01. The number of halogens is 1. The Morgan fingerprint density at radius 2 is 1.47 bits per heavy atom. The van der Waals surface area contributed by atoms with Crippen LogP contribution in [0.2, 0.25) is 0 Å². The fourth-order valence-corrected chi connectivity index (χ4v) is 5.58. The van der Waals surface area contributed by atoms with E-state index < -0.39 is 52.7 Å². The summed E-state index contributed by atoms with van der Waals surface area (Å²) in [5.41, 5.74) is -0.340. The molecule has 3 aliphatic rings. The molecule has 3 unspecified atom stereocenters. The standard InChI is InChI=1S/C27H18FNO5/c1-14-7-2-3-10-17(14)22-20-21(26(33)29(25(20)32)16-9-6-8-15(28)13-16)27(34-22)23(30)18-11-4-5-12-19(18)24(27)31/h2-13,20-22H,1H3. The van der Waals surface area contributed by atoms with Gasteiger partial charge in [0.15, 0.2) is 0 Å². The van der Waals surface area contributed by atoms with Gasteiger partial charge in [-0.25, -0.2) is 9.29 Å². The van der Waals surface area contributed by atoms with E-state index in [1.54, 1.807) is 24.3 Å². The van der Waals surface area contributed by atoms with Crippen molar-refractivity contribution in [1.82, 2.24) is 0 Å². The van der Waals surface area contributed by atoms with Gasteiger partial charge in [0.05, 0.1) is 23.6 Å². The average Bonchev–Trinajstić information content (AvgIpc) is 3.39. The van der Waals surface area contributed by atoms with Crippen LogP contribution < -0.4 is 4.90 Å². The van der Waals surface area contributed by atoms with Crippen molar-refractivity contribution in [3.8, 4) is 0 Å². The molecule has 0 saturated carbocycles. The molecule has 6 rings (SSSR count). The van der Waals surface area contributed by atoms with Crippen molar-refractivity contribution >= 4 is 29.1 Å². The van der Waals surface area contributed by atoms with Gasteiger partial charge in [0.25, 0.3) is 0 Å². The van der Waals surface area contributed by atoms with Crippen LogP contribution in [0.5, 0.6) is 0 Å². The molecule has 3 aromatic rings. The lowest BCUT2D eigenvalue weighted by Crippen LogP contribution is -2.51. The second-order valence-corrected chi connectivity index (χ2v) is 8.83. The van der Waals surface area contributed by atoms with Gasteiger partial charge in [0.1, 0.15) is 5.82 Å². The summed E-state index contributed by atoms with van der Waals surface area (Å²) in [6.07, 6.45) is -0.997. The third-order valence-corrected chi connectivity index (χ3v) is 7.08. The summed E-state index contributed by atoms with van der Waals surface area (Å²) >= 11 is 0. The topological polar surface area (TPSA) is 80.8 Å². The van der Waals surface area contributed by atoms with Crippen LogP contribution >= 0.6 is 0 Å². The van der Waals surface area contributed by atoms with Crippen molar-refractivity contribution in [2.24, 2.45) is 11.8 Å². The molecule has 34 heavy (non-hydrogen) atoms. The maximum absolute atomic E-state index is 14.0. The van der Waals surface area contributed by atoms with Gasteiger partial charge in [-0.2, -0.15) is 0 Å². The van der Waals surface area contributed by atoms with Crippen LogP contribution in [0.4, 0.5) is 10.1 Å². The highest BCUT2D eigenvalue weighted by atomic mass is 19.1. The van der Waals surface area contributed by atoms with E-state index in [1.165, 1.54) is 30.3 Å². The zero-order chi connectivity index (χ0) is 23.8. The smallest absolute Gasteiger partial charge is 0.241 e. The SMILES string of the molecule is Cc1ccccc1C1OC2(C(=O)c3ccccc3C2=O)C2C(=O)N(c3cccc(F)c3)C(=O)C12. The first-order valence-corrected chi connectivity index (χ1v) is 10.9. The molecule has 0 radical (unpaired) electrons. The molecule has 2 saturated heterocycles. The van der Waals surface area contributed by atoms with Gasteiger partial charge < -0.3 is 4.74 Å². The first-order chi connectivity index (χ1) is 16.4. The molecule has 3 aromatic carbocycles. The summed E-state index contributed by atoms with van der Waals surface area (Å²) in [6.45, 7) is 1.83. The number of aryl methyl sites for hydroxylation is 1. The Bertz CT molecular complexity index is 1390. The molecule has 6 nitrogen and oxygen atoms in total. The third kappa shape index (κ3) is 2.47. The summed E-state index contributed by atoms with van der Waals surface area (Å²) in [4.78, 5) is 55.8. The molecule has 2 fully saturated rings. The zero-order valence-electron chi connectivity index (χ0n) is 18.0. The number of anilines is 1. The highest BCUT2D eigenvalue weighted by Gasteiger charge is 2.74. The Balaban J connectivity index is 1.57. The summed E-state index contributed by atoms with van der Waals surface area (Å²) in [5, 5.41) is 0. The summed E-state index contributed by atoms with van der Waals surface area (Å²) in [6, 6.07) is 18.6. The number of rotatable bonds is 2. The van der Waals surface area contributed by atoms with E-state index in [0.717, 1.165) is 16.5 Å². The Labute approximate surface area is 193 Å². The zero-order valence-corrected chi connectivity index (χ0v) is 18.0. The third-order valence-electron chi connectivity index (χ3n) is 7.08. The Morgan fingerprint density at radius 3 is 2.12 bits per heavy atom. The van der Waals surface area contributed by atoms with Gasteiger partial charge in [0, 0.05) is 11.1 Å². The van der Waals surface area contributed by atoms with Crippen molar-refractivity contribution in [1.29, 1.82) is 0 Å². The van der Waals surface area contributed by atoms with Crippen molar-refractivity contribution in [3.63, 3.8) is 0 Å². The number of benzene rings is 3. The first-order valence-electron chi connectivity index (χ1n) is 10.9. The monoisotopic (exact) mass is 455 g/mol. The summed E-state index contributed by atoms with van der Waals surface area (Å²) < 4.78 is 20.2. The quantitative estimate of drug-likeness (QED) is 0.433. The lowest BCUT2D eigenvalue weighted by Gasteiger charge is -2.27. The van der Waals surface area contributed by atoms with E-state index in [2.05, 4.69) is 0 Å². The van der Waals surface area contributed by atoms with Crippen molar-refractivity contribution in [2.45, 2.75) is 18.6 Å². The van der Waals surface area contributed by atoms with Crippen LogP contribution in [-0.4, -0.2) is 29.0 Å². The predicted molar refractivity (Wildman–Crippen MR) is 119 cm³/mol. The average molecular weight is 455 g/mol. The molecule has 7 heteroatoms. The van der Waals surface area contributed by atoms with Crippen molar-refractivity contribution in [3.05, 3.63) is 101 Å². The van der Waals surface area contributed by atoms with Gasteiger partial charge in [-0.1, -0.05) is 54.6 Å². The number of ketones is 2. The second-order valence-electron chi connectivity index (χ2n) is 8.83. The molecule has 0 aromatic heterocycles. The number of ether oxygens (including phenoxy) is 1. The number of hydrogen-bond donors (Lipinski definition) is 0. The van der Waals surface area contributed by atoms with Crippen LogP contribution in [0, 0.1) is 24.6 Å². The molecule has 0 N–H and O–H groups in total. The van der Waals surface area contributed by atoms with E-state index in [0.29, 0.717) is 5.56 Å². The number of amides is 2. The molecule has 1 aliphatic carbocycles. The van der Waals surface area contributed by atoms with Gasteiger partial charge in [-0.05, 0) is 36.2 Å². The first kappa shape index (κ1) is 20.6. The van der Waals surface area contributed by atoms with Crippen molar-refractivity contribution < 1.29 is 28.3 Å². The number of Topliss-reactive ketones (excluding diaryl/α,β-unsaturated/α-hetero) is 2. The van der Waals surface area contributed by atoms with Crippen LogP contribution in [0.1, 0.15) is 37.9 Å². The Kier molecular flexibility index (Phi) is 4.25. The fourth-order valence-electron chi connectivity index (χ4n) is 5.58. The van der Waals surface area contributed by atoms with Crippen LogP contribution in [-0.2, 0) is 14.3 Å². The van der Waals surface area contributed by atoms with Gasteiger partial charge in [0.2, 0.25) is 29.0 Å². The minimum Gasteiger partial charge on any atom is -0.349 e. The maximum Gasteiger partial charge on any atom is 0.241 e. The summed E-state index contributed by atoms with van der Waals surface area (Å²) in [7, 11) is 0. The van der Waals surface area contributed by atoms with Gasteiger partial charge >= 0.3 is 0 Å². The number of fused-ring (bicyclic) bond motifs is 3. The number of imide groups is 1. The minimum absolute atomic E-state index is 0.0542. The molecule has 3 atom stereocenters. The number of carbonyl (C=O) groups excluding carboxylic acids is 4. The van der Waals surface area contributed by atoms with E-state index >= 15 is 0 Å². The minimum atomic E-state index is -2.14. The lowest BCUT2D eigenvalue weighted by atomic mass is 9.77. The predicted octanol–water partition coefficient (Wildman–Crippen LogP) is 3.83. The summed E-state index contributed by atoms with van der Waals surface area (Å²) in [5.74, 6) is -5.70. The molecular weight excluding hydrogens is 437 g/mol. The maximum atomic E-state index is 14.0. The van der Waals surface area contributed by atoms with Crippen LogP contribution in [0.25, 0.3) is 0 Å². The number of nitrogens with zero attached hydrogens (tertiary/aromatic N) is 1. The largest absolute Gasteiger partial charge is 0.349 e. The van der Waals surface area contributed by atoms with E-state index in [-0.39, 0.29) is 16.8 Å². The van der Waals surface area contributed by atoms with Gasteiger partial charge in [-0.15, -0.1) is 0 Å². The van der Waals surface area contributed by atoms with E-state index in [1.807, 2.05) is 19.1 Å². The lowest BCUT2D eigenvalue weighted by molar-refractivity contribution is -0.127. The molecule has 2 aliphatic heterocycles. The number of carbonyl (C=O) groups is 4. The molecule has 168 valence electrons. The Hall–Kier alpha value is -3.97. The van der Waals surface area contributed by atoms with Gasteiger partial charge in [-0.3, -0.25) is 19.2 Å². The molecule has 2 heterocycles. The van der Waals surface area contributed by atoms with Crippen LogP contribution in [0.3, 0.4) is 0 Å². The van der Waals surface area contributed by atoms with E-state index in [9.17, 15) is 23.6 Å². The van der Waals surface area contributed by atoms with E-state index in [4.69, 9.17) is 4.74 Å². The Morgan fingerprint density at radius 1 is 0.824 bits per heavy atom. The van der Waals surface area contributed by atoms with Crippen molar-refractivity contribution in [2.75, 3.05) is 4.90 Å².